The lowest BCUT2D eigenvalue weighted by atomic mass is 9.14. The van der Waals surface area contributed by atoms with Crippen molar-refractivity contribution in [2.75, 3.05) is 0 Å². The molecule has 0 heterocycles. The molecule has 3 rings (SSSR count). The summed E-state index contributed by atoms with van der Waals surface area (Å²) in [5.41, 5.74) is 4.33. The van der Waals surface area contributed by atoms with Crippen molar-refractivity contribution < 1.29 is 0 Å². The van der Waals surface area contributed by atoms with Gasteiger partial charge in [-0.1, -0.05) is 111 Å². The summed E-state index contributed by atoms with van der Waals surface area (Å²) < 4.78 is -0.347. The van der Waals surface area contributed by atoms with Crippen LogP contribution in [-0.4, -0.2) is 10.9 Å². The molecule has 0 aliphatic rings. The van der Waals surface area contributed by atoms with E-state index in [1.54, 1.807) is 13.8 Å². The SMILES string of the molecule is CC(C)([SH2+])C#N.CCCC[B-](c1ccccc1)(c1ccccc1)c1ccccc1. The lowest BCUT2D eigenvalue weighted by molar-refractivity contribution is 0.874. The number of benzene rings is 3. The van der Waals surface area contributed by atoms with E-state index in [2.05, 4.69) is 111 Å². The smallest absolute Gasteiger partial charge is 0.200 e. The lowest BCUT2D eigenvalue weighted by Crippen LogP contribution is -2.66. The van der Waals surface area contributed by atoms with Crippen molar-refractivity contribution >= 4 is 35.2 Å². The van der Waals surface area contributed by atoms with Gasteiger partial charge in [-0.2, -0.15) is 28.0 Å². The second-order valence-corrected chi connectivity index (χ2v) is 9.41. The molecular formula is C26H32BNS. The van der Waals surface area contributed by atoms with E-state index in [0.29, 0.717) is 0 Å². The maximum Gasteiger partial charge on any atom is 0.202 e. The van der Waals surface area contributed by atoms with E-state index in [1.165, 1.54) is 35.6 Å². The highest BCUT2D eigenvalue weighted by molar-refractivity contribution is 7.60. The van der Waals surface area contributed by atoms with E-state index in [1.807, 2.05) is 6.07 Å². The Bertz CT molecular complexity index is 784. The number of rotatable bonds is 6. The van der Waals surface area contributed by atoms with Crippen LogP contribution in [0.15, 0.2) is 91.0 Å². The molecule has 3 heteroatoms. The minimum absolute atomic E-state index is 0.347. The Kier molecular flexibility index (Phi) is 8.61. The summed E-state index contributed by atoms with van der Waals surface area (Å²) in [6.07, 6.45) is 2.73. The molecule has 0 fully saturated rings. The summed E-state index contributed by atoms with van der Waals surface area (Å²) in [7, 11) is 0. The van der Waals surface area contributed by atoms with Crippen LogP contribution >= 0.6 is 0 Å². The number of nitriles is 1. The predicted octanol–water partition coefficient (Wildman–Crippen LogP) is 4.26. The first-order valence-electron chi connectivity index (χ1n) is 10.4. The third-order valence-electron chi connectivity index (χ3n) is 5.38. The first-order valence-corrected chi connectivity index (χ1v) is 10.9. The van der Waals surface area contributed by atoms with E-state index >= 15 is 0 Å². The van der Waals surface area contributed by atoms with Gasteiger partial charge in [0.2, 0.25) is 4.75 Å². The van der Waals surface area contributed by atoms with E-state index in [9.17, 15) is 0 Å². The van der Waals surface area contributed by atoms with Gasteiger partial charge in [-0.3, -0.25) is 0 Å². The first kappa shape index (κ1) is 22.8. The minimum Gasteiger partial charge on any atom is -0.200 e. The molecule has 0 atom stereocenters. The average molecular weight is 401 g/mol. The van der Waals surface area contributed by atoms with Gasteiger partial charge in [-0.25, -0.2) is 0 Å². The van der Waals surface area contributed by atoms with E-state index in [4.69, 9.17) is 5.26 Å². The highest BCUT2D eigenvalue weighted by Crippen LogP contribution is 2.16. The fourth-order valence-corrected chi connectivity index (χ4v) is 3.93. The Morgan fingerprint density at radius 3 is 1.31 bits per heavy atom. The van der Waals surface area contributed by atoms with Crippen molar-refractivity contribution in [3.8, 4) is 6.07 Å². The monoisotopic (exact) mass is 401 g/mol. The number of hydrogen-bond donors (Lipinski definition) is 0. The maximum atomic E-state index is 8.10. The van der Waals surface area contributed by atoms with Crippen molar-refractivity contribution in [2.24, 2.45) is 0 Å². The number of unbranched alkanes of at least 4 members (excludes halogenated alkanes) is 1. The lowest BCUT2D eigenvalue weighted by Gasteiger charge is -2.43. The zero-order chi connectivity index (χ0) is 21.2. The second-order valence-electron chi connectivity index (χ2n) is 8.16. The van der Waals surface area contributed by atoms with Gasteiger partial charge in [-0.05, 0) is 26.5 Å². The number of nitrogens with zero attached hydrogens (tertiary/aromatic N) is 1. The van der Waals surface area contributed by atoms with Gasteiger partial charge in [0.05, 0.1) is 6.15 Å². The molecule has 0 unspecified atom stereocenters. The summed E-state index contributed by atoms with van der Waals surface area (Å²) in [4.78, 5) is 0. The van der Waals surface area contributed by atoms with E-state index in [0.717, 1.165) is 0 Å². The van der Waals surface area contributed by atoms with Crippen molar-refractivity contribution in [3.63, 3.8) is 0 Å². The molecule has 0 bridgehead atoms. The number of hydrogen-bond acceptors (Lipinski definition) is 1. The van der Waals surface area contributed by atoms with Crippen LogP contribution in [0.3, 0.4) is 0 Å². The zero-order valence-corrected chi connectivity index (χ0v) is 18.8. The fourth-order valence-electron chi connectivity index (χ4n) is 3.93. The molecule has 0 saturated heterocycles. The van der Waals surface area contributed by atoms with Crippen LogP contribution < -0.4 is 16.4 Å². The Hall–Kier alpha value is -2.44. The van der Waals surface area contributed by atoms with Crippen LogP contribution in [0.25, 0.3) is 0 Å². The first-order chi connectivity index (χ1) is 13.9. The summed E-state index contributed by atoms with van der Waals surface area (Å²) in [6.45, 7) is 5.87. The molecule has 3 aromatic carbocycles. The van der Waals surface area contributed by atoms with Gasteiger partial charge >= 0.3 is 0 Å². The average Bonchev–Trinajstić information content (AvgIpc) is 2.76. The third kappa shape index (κ3) is 6.27. The topological polar surface area (TPSA) is 23.8 Å². The molecule has 0 amide bonds. The largest absolute Gasteiger partial charge is 0.202 e. The molecule has 3 aromatic rings. The molecule has 0 aliphatic carbocycles. The third-order valence-corrected chi connectivity index (χ3v) is 5.49. The van der Waals surface area contributed by atoms with E-state index in [-0.39, 0.29) is 4.75 Å². The molecule has 0 spiro atoms. The molecule has 0 radical (unpaired) electrons. The molecule has 150 valence electrons. The molecule has 0 N–H and O–H groups in total. The van der Waals surface area contributed by atoms with Crippen molar-refractivity contribution in [2.45, 2.75) is 44.7 Å². The normalized spacial score (nSPS) is 11.1. The summed E-state index contributed by atoms with van der Waals surface area (Å²) in [5.74, 6) is 0. The standard InChI is InChI=1S/C22H24B.C4H7NS/c1-2-3-19-23(20-13-7-4-8-14-20,21-15-9-5-10-16-21)22-17-11-6-12-18-22;1-4(2,6)3-5/h4-18H,2-3,19H2,1H3;6H,1-2H3/q-1;/p+1. The Labute approximate surface area is 182 Å². The summed E-state index contributed by atoms with van der Waals surface area (Å²) in [5, 5.41) is 8.10. The maximum absolute atomic E-state index is 8.10. The van der Waals surface area contributed by atoms with Crippen molar-refractivity contribution in [1.29, 1.82) is 5.26 Å². The van der Waals surface area contributed by atoms with Crippen molar-refractivity contribution in [3.05, 3.63) is 91.0 Å². The molecule has 0 saturated carbocycles. The van der Waals surface area contributed by atoms with Crippen molar-refractivity contribution in [1.82, 2.24) is 0 Å². The van der Waals surface area contributed by atoms with Crippen LogP contribution in [0.2, 0.25) is 6.32 Å². The van der Waals surface area contributed by atoms with Gasteiger partial charge in [0.25, 0.3) is 0 Å². The summed E-state index contributed by atoms with van der Waals surface area (Å²) >= 11 is 3.16. The van der Waals surface area contributed by atoms with Gasteiger partial charge in [0.15, 0.2) is 0 Å². The van der Waals surface area contributed by atoms with Gasteiger partial charge in [0.1, 0.15) is 6.07 Å². The van der Waals surface area contributed by atoms with Gasteiger partial charge < -0.3 is 0 Å². The molecule has 0 aliphatic heterocycles. The molecule has 0 aromatic heterocycles. The van der Waals surface area contributed by atoms with Gasteiger partial charge in [0, 0.05) is 0 Å². The van der Waals surface area contributed by atoms with Crippen LogP contribution in [-0.2, 0) is 12.6 Å². The summed E-state index contributed by atoms with van der Waals surface area (Å²) in [6, 6.07) is 35.2. The van der Waals surface area contributed by atoms with Gasteiger partial charge in [-0.15, -0.1) is 0 Å². The van der Waals surface area contributed by atoms with Crippen LogP contribution in [0, 0.1) is 11.3 Å². The quantitative estimate of drug-likeness (QED) is 0.447. The molecule has 29 heavy (non-hydrogen) atoms. The zero-order valence-electron chi connectivity index (χ0n) is 17.8. The van der Waals surface area contributed by atoms with Crippen LogP contribution in [0.4, 0.5) is 0 Å². The predicted molar refractivity (Wildman–Crippen MR) is 134 cm³/mol. The Morgan fingerprint density at radius 2 is 1.07 bits per heavy atom. The van der Waals surface area contributed by atoms with Crippen LogP contribution in [0.5, 0.6) is 0 Å². The van der Waals surface area contributed by atoms with E-state index < -0.39 is 6.15 Å². The Balaban J connectivity index is 0.000000438. The highest BCUT2D eigenvalue weighted by atomic mass is 32.1. The minimum atomic E-state index is -0.913. The van der Waals surface area contributed by atoms with Crippen LogP contribution in [0.1, 0.15) is 33.6 Å². The molecule has 1 nitrogen and oxygen atoms in total. The fraction of sp³-hybridized carbons (Fsp3) is 0.269. The molecular weight excluding hydrogens is 369 g/mol. The Morgan fingerprint density at radius 1 is 0.759 bits per heavy atom. The second kappa shape index (κ2) is 10.9. The highest BCUT2D eigenvalue weighted by Gasteiger charge is 2.28.